The van der Waals surface area contributed by atoms with Gasteiger partial charge in [-0.2, -0.15) is 0 Å². The predicted molar refractivity (Wildman–Crippen MR) is 120 cm³/mol. The van der Waals surface area contributed by atoms with Gasteiger partial charge in [-0.1, -0.05) is 19.4 Å². The van der Waals surface area contributed by atoms with E-state index in [-0.39, 0.29) is 11.9 Å². The lowest BCUT2D eigenvalue weighted by molar-refractivity contribution is -0.270. The van der Waals surface area contributed by atoms with E-state index in [2.05, 4.69) is 5.32 Å². The first-order valence-corrected chi connectivity index (χ1v) is 12.0. The van der Waals surface area contributed by atoms with Gasteiger partial charge in [-0.15, -0.1) is 0 Å². The van der Waals surface area contributed by atoms with Crippen molar-refractivity contribution in [1.29, 1.82) is 0 Å². The maximum absolute atomic E-state index is 12.6. The zero-order valence-electron chi connectivity index (χ0n) is 19.7. The molecule has 2 saturated heterocycles. The second-order valence-electron chi connectivity index (χ2n) is 8.61. The van der Waals surface area contributed by atoms with E-state index in [9.17, 15) is 24.9 Å². The van der Waals surface area contributed by atoms with Gasteiger partial charge in [0.2, 0.25) is 11.8 Å². The number of likely N-dealkylation sites (tertiary alicyclic amines) is 1. The monoisotopic (exact) mass is 472 g/mol. The molecule has 33 heavy (non-hydrogen) atoms. The minimum atomic E-state index is -1.33. The molecule has 2 rings (SSSR count). The van der Waals surface area contributed by atoms with Gasteiger partial charge < -0.3 is 39.7 Å². The molecule has 6 atom stereocenters. The number of unbranched alkanes of at least 4 members (excludes halogenated alkanes) is 2. The summed E-state index contributed by atoms with van der Waals surface area (Å²) < 4.78 is 16.8. The van der Waals surface area contributed by atoms with Crippen LogP contribution in [0.4, 0.5) is 0 Å². The summed E-state index contributed by atoms with van der Waals surface area (Å²) in [5, 5.41) is 32.2. The van der Waals surface area contributed by atoms with Crippen LogP contribution >= 0.6 is 0 Å². The van der Waals surface area contributed by atoms with E-state index < -0.39 is 43.2 Å². The molecule has 10 heteroatoms. The van der Waals surface area contributed by atoms with Gasteiger partial charge in [0.25, 0.3) is 0 Å². The number of rotatable bonds is 13. The Morgan fingerprint density at radius 2 is 2.00 bits per heavy atom. The number of hydrogen-bond donors (Lipinski definition) is 4. The van der Waals surface area contributed by atoms with Gasteiger partial charge in [-0.3, -0.25) is 9.59 Å². The highest BCUT2D eigenvalue weighted by Crippen LogP contribution is 2.23. The predicted octanol–water partition coefficient (Wildman–Crippen LogP) is 0.438. The topological polar surface area (TPSA) is 138 Å². The quantitative estimate of drug-likeness (QED) is 0.224. The van der Waals surface area contributed by atoms with E-state index in [1.54, 1.807) is 6.26 Å². The third-order valence-electron chi connectivity index (χ3n) is 5.98. The molecular formula is C23H40N2O8. The van der Waals surface area contributed by atoms with E-state index >= 15 is 0 Å². The summed E-state index contributed by atoms with van der Waals surface area (Å²) in [5.74, 6) is -0.248. The number of carbonyl (C=O) groups excluding carboxylic acids is 2. The summed E-state index contributed by atoms with van der Waals surface area (Å²) in [6.45, 7) is 4.45. The molecule has 0 aromatic rings. The Hall–Kier alpha value is -1.72. The van der Waals surface area contributed by atoms with Crippen LogP contribution in [0.15, 0.2) is 12.3 Å². The van der Waals surface area contributed by atoms with Crippen molar-refractivity contribution in [3.63, 3.8) is 0 Å². The summed E-state index contributed by atoms with van der Waals surface area (Å²) in [6, 6.07) is -0.805. The largest absolute Gasteiger partial charge is 0.499 e. The van der Waals surface area contributed by atoms with Gasteiger partial charge in [0.05, 0.1) is 18.9 Å². The molecule has 5 unspecified atom stereocenters. The molecule has 2 aliphatic rings. The highest BCUT2D eigenvalue weighted by molar-refractivity contribution is 5.76. The van der Waals surface area contributed by atoms with Crippen LogP contribution in [0.25, 0.3) is 0 Å². The standard InChI is InChI=1S/C23H40N2O8/c1-3-4-12-31-15-17-9-8-11-25(17)19(28)10-6-5-7-13-32-23-20(24-16(2)27)22(30)21(29)18(14-26)33-23/h4,12,17-18,20-23,26,29-30H,3,5-11,13-15H2,1-2H3,(H,24,27)/t17-,18?,20?,21?,22?,23?/m0/s1. The highest BCUT2D eigenvalue weighted by Gasteiger charge is 2.45. The third-order valence-corrected chi connectivity index (χ3v) is 5.98. The summed E-state index contributed by atoms with van der Waals surface area (Å²) in [7, 11) is 0. The second-order valence-corrected chi connectivity index (χ2v) is 8.61. The van der Waals surface area contributed by atoms with E-state index in [0.717, 1.165) is 38.6 Å². The average Bonchev–Trinajstić information content (AvgIpc) is 3.26. The van der Waals surface area contributed by atoms with Gasteiger partial charge in [0, 0.05) is 26.5 Å². The molecule has 2 heterocycles. The zero-order valence-corrected chi connectivity index (χ0v) is 19.7. The summed E-state index contributed by atoms with van der Waals surface area (Å²) in [4.78, 5) is 26.0. The van der Waals surface area contributed by atoms with Crippen molar-refractivity contribution in [2.75, 3.05) is 26.4 Å². The molecule has 0 saturated carbocycles. The minimum absolute atomic E-state index is 0.137. The number of nitrogens with one attached hydrogen (secondary N) is 1. The van der Waals surface area contributed by atoms with Gasteiger partial charge in [-0.05, 0) is 32.1 Å². The molecule has 2 fully saturated rings. The maximum atomic E-state index is 12.6. The molecule has 4 N–H and O–H groups in total. The van der Waals surface area contributed by atoms with Crippen LogP contribution in [0, 0.1) is 0 Å². The smallest absolute Gasteiger partial charge is 0.222 e. The molecule has 2 aliphatic heterocycles. The Labute approximate surface area is 195 Å². The Balaban J connectivity index is 1.69. The second kappa shape index (κ2) is 14.5. The Kier molecular flexibility index (Phi) is 12.1. The van der Waals surface area contributed by atoms with E-state index in [0.29, 0.717) is 26.1 Å². The summed E-state index contributed by atoms with van der Waals surface area (Å²) >= 11 is 0. The summed E-state index contributed by atoms with van der Waals surface area (Å²) in [6.07, 6.45) is 4.52. The van der Waals surface area contributed by atoms with Crippen molar-refractivity contribution >= 4 is 11.8 Å². The van der Waals surface area contributed by atoms with E-state index in [4.69, 9.17) is 14.2 Å². The molecule has 0 radical (unpaired) electrons. The van der Waals surface area contributed by atoms with Crippen LogP contribution in [0.2, 0.25) is 0 Å². The lowest BCUT2D eigenvalue weighted by Crippen LogP contribution is -2.64. The van der Waals surface area contributed by atoms with Gasteiger partial charge in [0.15, 0.2) is 6.29 Å². The molecule has 0 aromatic heterocycles. The van der Waals surface area contributed by atoms with Crippen LogP contribution in [0.1, 0.15) is 58.8 Å². The maximum Gasteiger partial charge on any atom is 0.222 e. The lowest BCUT2D eigenvalue weighted by atomic mass is 9.97. The van der Waals surface area contributed by atoms with Crippen molar-refractivity contribution in [1.82, 2.24) is 10.2 Å². The summed E-state index contributed by atoms with van der Waals surface area (Å²) in [5.41, 5.74) is 0. The number of nitrogens with zero attached hydrogens (tertiary/aromatic N) is 1. The number of aliphatic hydroxyl groups excluding tert-OH is 3. The van der Waals surface area contributed by atoms with Crippen LogP contribution < -0.4 is 5.32 Å². The van der Waals surface area contributed by atoms with Gasteiger partial charge in [0.1, 0.15) is 31.0 Å². The Morgan fingerprint density at radius 3 is 2.70 bits per heavy atom. The zero-order chi connectivity index (χ0) is 24.2. The van der Waals surface area contributed by atoms with E-state index in [1.165, 1.54) is 6.92 Å². The number of amides is 2. The van der Waals surface area contributed by atoms with E-state index in [1.807, 2.05) is 17.9 Å². The molecular weight excluding hydrogens is 432 g/mol. The third kappa shape index (κ3) is 8.53. The number of allylic oxidation sites excluding steroid dienone is 1. The normalized spacial score (nSPS) is 30.0. The number of ether oxygens (including phenoxy) is 3. The Morgan fingerprint density at radius 1 is 1.21 bits per heavy atom. The fourth-order valence-corrected chi connectivity index (χ4v) is 4.18. The molecule has 10 nitrogen and oxygen atoms in total. The SMILES string of the molecule is CCC=COC[C@@H]1CCCN1C(=O)CCCCCOC1OC(CO)C(O)C(O)C1NC(C)=O. The molecule has 0 bridgehead atoms. The van der Waals surface area contributed by atoms with Crippen molar-refractivity contribution in [3.05, 3.63) is 12.3 Å². The highest BCUT2D eigenvalue weighted by atomic mass is 16.7. The van der Waals surface area contributed by atoms with Crippen LogP contribution in [0.3, 0.4) is 0 Å². The first-order valence-electron chi connectivity index (χ1n) is 12.0. The molecule has 0 aliphatic carbocycles. The van der Waals surface area contributed by atoms with Crippen LogP contribution in [0.5, 0.6) is 0 Å². The molecule has 190 valence electrons. The lowest BCUT2D eigenvalue weighted by Gasteiger charge is -2.42. The van der Waals surface area contributed by atoms with Crippen molar-refractivity contribution in [2.24, 2.45) is 0 Å². The number of hydrogen-bond acceptors (Lipinski definition) is 8. The molecule has 0 aromatic carbocycles. The van der Waals surface area contributed by atoms with Crippen LogP contribution in [-0.2, 0) is 23.8 Å². The van der Waals surface area contributed by atoms with Crippen molar-refractivity contribution in [3.8, 4) is 0 Å². The molecule has 0 spiro atoms. The fourth-order valence-electron chi connectivity index (χ4n) is 4.18. The number of carbonyl (C=O) groups is 2. The first kappa shape index (κ1) is 27.5. The fraction of sp³-hybridized carbons (Fsp3) is 0.826. The minimum Gasteiger partial charge on any atom is -0.499 e. The van der Waals surface area contributed by atoms with Gasteiger partial charge in [-0.25, -0.2) is 0 Å². The first-order chi connectivity index (χ1) is 15.9. The molecule has 2 amide bonds. The van der Waals surface area contributed by atoms with Gasteiger partial charge >= 0.3 is 0 Å². The number of aliphatic hydroxyl groups is 3. The average molecular weight is 473 g/mol. The van der Waals surface area contributed by atoms with Crippen molar-refractivity contribution < 1.29 is 39.1 Å². The van der Waals surface area contributed by atoms with Crippen molar-refractivity contribution in [2.45, 2.75) is 95.5 Å². The Bertz CT molecular complexity index is 632. The van der Waals surface area contributed by atoms with Crippen LogP contribution in [-0.4, -0.2) is 95.1 Å².